The number of carbonyl (C=O) groups is 2. The maximum absolute atomic E-state index is 11.8. The molecule has 1 aromatic rings. The van der Waals surface area contributed by atoms with Crippen molar-refractivity contribution >= 4 is 11.8 Å². The van der Waals surface area contributed by atoms with Gasteiger partial charge in [-0.1, -0.05) is 6.92 Å². The number of ketones is 1. The summed E-state index contributed by atoms with van der Waals surface area (Å²) in [7, 11) is 1.56. The third-order valence-electron chi connectivity index (χ3n) is 2.47. The molecule has 4 heteroatoms. The van der Waals surface area contributed by atoms with E-state index in [1.165, 1.54) is 0 Å². The molecule has 0 fully saturated rings. The minimum Gasteiger partial charge on any atom is -0.497 e. The highest BCUT2D eigenvalue weighted by Crippen LogP contribution is 2.16. The van der Waals surface area contributed by atoms with Gasteiger partial charge in [0.05, 0.1) is 7.11 Å². The van der Waals surface area contributed by atoms with E-state index in [1.807, 2.05) is 0 Å². The Morgan fingerprint density at radius 3 is 2.29 bits per heavy atom. The first-order chi connectivity index (χ1) is 8.02. The highest BCUT2D eigenvalue weighted by molar-refractivity contribution is 5.96. The maximum atomic E-state index is 11.8. The molecule has 0 aromatic heterocycles. The van der Waals surface area contributed by atoms with Gasteiger partial charge in [0, 0.05) is 18.4 Å². The van der Waals surface area contributed by atoms with Crippen molar-refractivity contribution in [2.24, 2.45) is 5.92 Å². The molecule has 0 heterocycles. The van der Waals surface area contributed by atoms with E-state index >= 15 is 0 Å². The molecule has 1 aromatic carbocycles. The number of carboxylic acids is 1. The van der Waals surface area contributed by atoms with Gasteiger partial charge >= 0.3 is 5.97 Å². The predicted molar refractivity (Wildman–Crippen MR) is 63.4 cm³/mol. The van der Waals surface area contributed by atoms with Crippen molar-refractivity contribution in [3.8, 4) is 5.75 Å². The summed E-state index contributed by atoms with van der Waals surface area (Å²) < 4.78 is 4.99. The van der Waals surface area contributed by atoms with Crippen molar-refractivity contribution in [2.75, 3.05) is 7.11 Å². The zero-order valence-corrected chi connectivity index (χ0v) is 9.97. The molecule has 92 valence electrons. The number of hydrogen-bond acceptors (Lipinski definition) is 3. The van der Waals surface area contributed by atoms with Gasteiger partial charge in [-0.3, -0.25) is 9.59 Å². The van der Waals surface area contributed by atoms with Crippen LogP contribution in [-0.4, -0.2) is 24.0 Å². The molecule has 0 aliphatic heterocycles. The van der Waals surface area contributed by atoms with Crippen LogP contribution in [0.15, 0.2) is 24.3 Å². The fourth-order valence-corrected chi connectivity index (χ4v) is 1.58. The van der Waals surface area contributed by atoms with Gasteiger partial charge in [-0.15, -0.1) is 0 Å². The van der Waals surface area contributed by atoms with Crippen LogP contribution in [0.2, 0.25) is 0 Å². The van der Waals surface area contributed by atoms with Crippen LogP contribution in [0.4, 0.5) is 0 Å². The Kier molecular flexibility index (Phi) is 4.69. The number of Topliss-reactive ketones (excluding diaryl/α,β-unsaturated/α-hetero) is 1. The zero-order valence-electron chi connectivity index (χ0n) is 9.97. The third-order valence-corrected chi connectivity index (χ3v) is 2.47. The predicted octanol–water partition coefficient (Wildman–Crippen LogP) is 2.38. The molecule has 1 N–H and O–H groups in total. The van der Waals surface area contributed by atoms with Crippen LogP contribution in [0, 0.1) is 5.92 Å². The van der Waals surface area contributed by atoms with Gasteiger partial charge in [0.2, 0.25) is 0 Å². The Hall–Kier alpha value is -1.84. The molecule has 1 atom stereocenters. The molecule has 1 rings (SSSR count). The van der Waals surface area contributed by atoms with Crippen molar-refractivity contribution in [3.05, 3.63) is 29.8 Å². The van der Waals surface area contributed by atoms with E-state index in [1.54, 1.807) is 38.3 Å². The van der Waals surface area contributed by atoms with E-state index < -0.39 is 5.97 Å². The quantitative estimate of drug-likeness (QED) is 0.770. The van der Waals surface area contributed by atoms with Gasteiger partial charge < -0.3 is 9.84 Å². The van der Waals surface area contributed by atoms with Crippen LogP contribution in [0.25, 0.3) is 0 Å². The summed E-state index contributed by atoms with van der Waals surface area (Å²) in [6.45, 7) is 1.76. The Balaban J connectivity index is 2.60. The Labute approximate surface area is 100 Å². The zero-order chi connectivity index (χ0) is 12.8. The average molecular weight is 236 g/mol. The van der Waals surface area contributed by atoms with Gasteiger partial charge in [-0.2, -0.15) is 0 Å². The van der Waals surface area contributed by atoms with Crippen LogP contribution in [0.3, 0.4) is 0 Å². The molecule has 1 unspecified atom stereocenters. The normalized spacial score (nSPS) is 11.9. The molecule has 0 saturated heterocycles. The molecular weight excluding hydrogens is 220 g/mol. The lowest BCUT2D eigenvalue weighted by molar-refractivity contribution is -0.137. The topological polar surface area (TPSA) is 63.6 Å². The molecular formula is C13H16O4. The summed E-state index contributed by atoms with van der Waals surface area (Å²) in [6, 6.07) is 6.81. The van der Waals surface area contributed by atoms with Gasteiger partial charge in [0.15, 0.2) is 5.78 Å². The maximum Gasteiger partial charge on any atom is 0.303 e. The van der Waals surface area contributed by atoms with E-state index in [9.17, 15) is 9.59 Å². The molecule has 17 heavy (non-hydrogen) atoms. The smallest absolute Gasteiger partial charge is 0.303 e. The molecule has 0 amide bonds. The van der Waals surface area contributed by atoms with Crippen molar-refractivity contribution in [1.82, 2.24) is 0 Å². The van der Waals surface area contributed by atoms with Crippen LogP contribution in [-0.2, 0) is 4.79 Å². The molecule has 0 spiro atoms. The summed E-state index contributed by atoms with van der Waals surface area (Å²) in [5.41, 5.74) is 0.586. The summed E-state index contributed by atoms with van der Waals surface area (Å²) >= 11 is 0. The lowest BCUT2D eigenvalue weighted by Crippen LogP contribution is -2.10. The monoisotopic (exact) mass is 236 g/mol. The number of ether oxygens (including phenoxy) is 1. The van der Waals surface area contributed by atoms with Crippen LogP contribution >= 0.6 is 0 Å². The first-order valence-corrected chi connectivity index (χ1v) is 5.42. The van der Waals surface area contributed by atoms with E-state index in [-0.39, 0.29) is 24.5 Å². The van der Waals surface area contributed by atoms with Gasteiger partial charge in [0.1, 0.15) is 5.75 Å². The SMILES string of the molecule is COc1ccc(C(=O)CC(C)CC(=O)O)cc1. The standard InChI is InChI=1S/C13H16O4/c1-9(8-13(15)16)7-12(14)10-3-5-11(17-2)6-4-10/h3-6,9H,7-8H2,1-2H3,(H,15,16). The first kappa shape index (κ1) is 13.2. The minimum atomic E-state index is -0.875. The number of carboxylic acid groups (broad SMARTS) is 1. The molecule has 0 radical (unpaired) electrons. The van der Waals surface area contributed by atoms with Crippen molar-refractivity contribution in [2.45, 2.75) is 19.8 Å². The third kappa shape index (κ3) is 4.26. The fourth-order valence-electron chi connectivity index (χ4n) is 1.58. The van der Waals surface area contributed by atoms with Crippen molar-refractivity contribution in [1.29, 1.82) is 0 Å². The van der Waals surface area contributed by atoms with Gasteiger partial charge in [-0.25, -0.2) is 0 Å². The van der Waals surface area contributed by atoms with Gasteiger partial charge in [0.25, 0.3) is 0 Å². The fraction of sp³-hybridized carbons (Fsp3) is 0.385. The van der Waals surface area contributed by atoms with Crippen molar-refractivity contribution in [3.63, 3.8) is 0 Å². The second kappa shape index (κ2) is 6.03. The molecule has 0 saturated carbocycles. The lowest BCUT2D eigenvalue weighted by atomic mass is 9.97. The minimum absolute atomic E-state index is 0.0158. The molecule has 0 aliphatic rings. The van der Waals surface area contributed by atoms with E-state index in [4.69, 9.17) is 9.84 Å². The van der Waals surface area contributed by atoms with Crippen LogP contribution in [0.5, 0.6) is 5.75 Å². The summed E-state index contributed by atoms with van der Waals surface area (Å²) in [5.74, 6) is -0.372. The largest absolute Gasteiger partial charge is 0.497 e. The summed E-state index contributed by atoms with van der Waals surface area (Å²) in [5, 5.41) is 8.61. The molecule has 0 aliphatic carbocycles. The van der Waals surface area contributed by atoms with Gasteiger partial charge in [-0.05, 0) is 30.2 Å². The van der Waals surface area contributed by atoms with E-state index in [2.05, 4.69) is 0 Å². The number of hydrogen-bond donors (Lipinski definition) is 1. The highest BCUT2D eigenvalue weighted by atomic mass is 16.5. The Morgan fingerprint density at radius 1 is 1.24 bits per heavy atom. The van der Waals surface area contributed by atoms with E-state index in [0.717, 1.165) is 0 Å². The highest BCUT2D eigenvalue weighted by Gasteiger charge is 2.14. The average Bonchev–Trinajstić information content (AvgIpc) is 2.28. The van der Waals surface area contributed by atoms with Crippen LogP contribution in [0.1, 0.15) is 30.1 Å². The first-order valence-electron chi connectivity index (χ1n) is 5.42. The van der Waals surface area contributed by atoms with Crippen LogP contribution < -0.4 is 4.74 Å². The summed E-state index contributed by atoms with van der Waals surface area (Å²) in [6.07, 6.45) is 0.264. The molecule has 0 bridgehead atoms. The molecule has 4 nitrogen and oxygen atoms in total. The Morgan fingerprint density at radius 2 is 1.82 bits per heavy atom. The number of aliphatic carboxylic acids is 1. The number of carbonyl (C=O) groups excluding carboxylic acids is 1. The Bertz CT molecular complexity index is 394. The second-order valence-electron chi connectivity index (χ2n) is 4.06. The number of methoxy groups -OCH3 is 1. The number of benzene rings is 1. The van der Waals surface area contributed by atoms with Crippen molar-refractivity contribution < 1.29 is 19.4 Å². The lowest BCUT2D eigenvalue weighted by Gasteiger charge is -2.08. The summed E-state index contributed by atoms with van der Waals surface area (Å²) in [4.78, 5) is 22.3. The van der Waals surface area contributed by atoms with E-state index in [0.29, 0.717) is 11.3 Å². The second-order valence-corrected chi connectivity index (χ2v) is 4.06. The number of rotatable bonds is 6.